The van der Waals surface area contributed by atoms with Crippen molar-refractivity contribution in [3.05, 3.63) is 0 Å². The van der Waals surface area contributed by atoms with Gasteiger partial charge in [-0.3, -0.25) is 0 Å². The molecule has 0 aromatic heterocycles. The standard InChI is InChI=1S/C16H32/c1-7-9-14(8-2)16-13(6)15(16)12(5)10-11(3)4/h11-16H,7-10H2,1-6H3. The Morgan fingerprint density at radius 2 is 1.62 bits per heavy atom. The second-order valence-corrected chi connectivity index (χ2v) is 6.58. The van der Waals surface area contributed by atoms with E-state index in [1.54, 1.807) is 0 Å². The molecule has 0 radical (unpaired) electrons. The minimum absolute atomic E-state index is 0.870. The van der Waals surface area contributed by atoms with Gasteiger partial charge in [-0.25, -0.2) is 0 Å². The van der Waals surface area contributed by atoms with Gasteiger partial charge in [0.1, 0.15) is 0 Å². The molecule has 0 aliphatic heterocycles. The average Bonchev–Trinajstić information content (AvgIpc) is 2.85. The number of hydrogen-bond acceptors (Lipinski definition) is 0. The van der Waals surface area contributed by atoms with E-state index in [0.717, 1.165) is 35.5 Å². The second-order valence-electron chi connectivity index (χ2n) is 6.58. The summed E-state index contributed by atoms with van der Waals surface area (Å²) in [5.74, 6) is 5.93. The molecule has 0 amide bonds. The molecule has 5 unspecified atom stereocenters. The average molecular weight is 224 g/mol. The van der Waals surface area contributed by atoms with Crippen LogP contribution < -0.4 is 0 Å². The highest BCUT2D eigenvalue weighted by molar-refractivity contribution is 4.99. The highest BCUT2D eigenvalue weighted by Gasteiger charge is 2.51. The molecule has 0 aromatic carbocycles. The molecule has 0 saturated heterocycles. The van der Waals surface area contributed by atoms with E-state index in [-0.39, 0.29) is 0 Å². The molecule has 0 heteroatoms. The first-order valence-electron chi connectivity index (χ1n) is 7.52. The van der Waals surface area contributed by atoms with E-state index in [1.807, 2.05) is 0 Å². The van der Waals surface area contributed by atoms with Crippen LogP contribution in [0, 0.1) is 35.5 Å². The lowest BCUT2D eigenvalue weighted by Gasteiger charge is -2.17. The first-order chi connectivity index (χ1) is 7.52. The number of hydrogen-bond donors (Lipinski definition) is 0. The Labute approximate surface area is 103 Å². The van der Waals surface area contributed by atoms with Crippen molar-refractivity contribution in [1.82, 2.24) is 0 Å². The van der Waals surface area contributed by atoms with Gasteiger partial charge in [0.2, 0.25) is 0 Å². The smallest absolute Gasteiger partial charge is 0.0324 e. The minimum atomic E-state index is 0.870. The minimum Gasteiger partial charge on any atom is -0.0654 e. The molecule has 0 aromatic rings. The normalized spacial score (nSPS) is 32.8. The Hall–Kier alpha value is 0. The zero-order chi connectivity index (χ0) is 12.3. The molecule has 0 spiro atoms. The van der Waals surface area contributed by atoms with Gasteiger partial charge in [-0.1, -0.05) is 60.8 Å². The molecule has 0 bridgehead atoms. The molecule has 16 heavy (non-hydrogen) atoms. The third kappa shape index (κ3) is 3.25. The van der Waals surface area contributed by atoms with E-state index < -0.39 is 0 Å². The van der Waals surface area contributed by atoms with Crippen molar-refractivity contribution in [3.8, 4) is 0 Å². The second kappa shape index (κ2) is 6.07. The topological polar surface area (TPSA) is 0 Å². The van der Waals surface area contributed by atoms with Crippen LogP contribution >= 0.6 is 0 Å². The maximum atomic E-state index is 2.49. The van der Waals surface area contributed by atoms with Crippen LogP contribution in [-0.4, -0.2) is 0 Å². The molecule has 0 heterocycles. The van der Waals surface area contributed by atoms with Crippen LogP contribution in [-0.2, 0) is 0 Å². The summed E-state index contributed by atoms with van der Waals surface area (Å²) in [6, 6.07) is 0. The van der Waals surface area contributed by atoms with E-state index in [0.29, 0.717) is 0 Å². The van der Waals surface area contributed by atoms with Crippen LogP contribution in [0.2, 0.25) is 0 Å². The van der Waals surface area contributed by atoms with Gasteiger partial charge in [-0.05, 0) is 41.9 Å². The predicted molar refractivity (Wildman–Crippen MR) is 73.5 cm³/mol. The van der Waals surface area contributed by atoms with Gasteiger partial charge < -0.3 is 0 Å². The summed E-state index contributed by atoms with van der Waals surface area (Å²) in [5, 5.41) is 0. The van der Waals surface area contributed by atoms with Gasteiger partial charge in [0.15, 0.2) is 0 Å². The Kier molecular flexibility index (Phi) is 5.34. The van der Waals surface area contributed by atoms with Crippen LogP contribution in [0.1, 0.15) is 67.2 Å². The Balaban J connectivity index is 2.46. The quantitative estimate of drug-likeness (QED) is 0.545. The third-order valence-electron chi connectivity index (χ3n) is 4.75. The summed E-state index contributed by atoms with van der Waals surface area (Å²) in [7, 11) is 0. The van der Waals surface area contributed by atoms with Crippen molar-refractivity contribution < 1.29 is 0 Å². The first kappa shape index (κ1) is 14.1. The van der Waals surface area contributed by atoms with Crippen molar-refractivity contribution in [3.63, 3.8) is 0 Å². The zero-order valence-electron chi connectivity index (χ0n) is 12.3. The molecule has 1 aliphatic rings. The van der Waals surface area contributed by atoms with Crippen molar-refractivity contribution in [1.29, 1.82) is 0 Å². The van der Waals surface area contributed by atoms with Crippen molar-refractivity contribution >= 4 is 0 Å². The SMILES string of the molecule is CCCC(CC)C1C(C)C1C(C)CC(C)C. The fraction of sp³-hybridized carbons (Fsp3) is 1.00. The van der Waals surface area contributed by atoms with E-state index in [9.17, 15) is 0 Å². The number of rotatable bonds is 7. The van der Waals surface area contributed by atoms with Gasteiger partial charge in [-0.2, -0.15) is 0 Å². The maximum Gasteiger partial charge on any atom is -0.0324 e. The van der Waals surface area contributed by atoms with E-state index >= 15 is 0 Å². The van der Waals surface area contributed by atoms with Crippen molar-refractivity contribution in [2.45, 2.75) is 67.2 Å². The summed E-state index contributed by atoms with van der Waals surface area (Å²) in [4.78, 5) is 0. The zero-order valence-corrected chi connectivity index (χ0v) is 12.3. The Morgan fingerprint density at radius 1 is 1.00 bits per heavy atom. The Morgan fingerprint density at radius 3 is 2.06 bits per heavy atom. The lowest BCUT2D eigenvalue weighted by Crippen LogP contribution is -2.08. The van der Waals surface area contributed by atoms with Gasteiger partial charge >= 0.3 is 0 Å². The van der Waals surface area contributed by atoms with E-state index in [4.69, 9.17) is 0 Å². The molecule has 1 aliphatic carbocycles. The van der Waals surface area contributed by atoms with E-state index in [2.05, 4.69) is 41.5 Å². The van der Waals surface area contributed by atoms with Crippen molar-refractivity contribution in [2.24, 2.45) is 35.5 Å². The highest BCUT2D eigenvalue weighted by atomic mass is 14.6. The molecular weight excluding hydrogens is 192 g/mol. The van der Waals surface area contributed by atoms with Crippen molar-refractivity contribution in [2.75, 3.05) is 0 Å². The summed E-state index contributed by atoms with van der Waals surface area (Å²) >= 11 is 0. The lowest BCUT2D eigenvalue weighted by atomic mass is 9.88. The van der Waals surface area contributed by atoms with Gasteiger partial charge in [0, 0.05) is 0 Å². The van der Waals surface area contributed by atoms with E-state index in [1.165, 1.54) is 25.7 Å². The summed E-state index contributed by atoms with van der Waals surface area (Å²) in [6.07, 6.45) is 5.64. The molecule has 0 N–H and O–H groups in total. The highest BCUT2D eigenvalue weighted by Crippen LogP contribution is 2.57. The Bertz CT molecular complexity index is 194. The molecule has 1 fully saturated rings. The summed E-state index contributed by atoms with van der Waals surface area (Å²) in [5.41, 5.74) is 0. The van der Waals surface area contributed by atoms with Gasteiger partial charge in [0.05, 0.1) is 0 Å². The molecular formula is C16H32. The lowest BCUT2D eigenvalue weighted by molar-refractivity contribution is 0.325. The monoisotopic (exact) mass is 224 g/mol. The first-order valence-corrected chi connectivity index (χ1v) is 7.52. The molecule has 5 atom stereocenters. The van der Waals surface area contributed by atoms with Crippen LogP contribution in [0.5, 0.6) is 0 Å². The maximum absolute atomic E-state index is 2.49. The fourth-order valence-electron chi connectivity index (χ4n) is 4.11. The largest absolute Gasteiger partial charge is 0.0654 e. The van der Waals surface area contributed by atoms with Crippen LogP contribution in [0.15, 0.2) is 0 Å². The van der Waals surface area contributed by atoms with Crippen LogP contribution in [0.4, 0.5) is 0 Å². The predicted octanol–water partition coefficient (Wildman–Crippen LogP) is 5.38. The molecule has 0 nitrogen and oxygen atoms in total. The van der Waals surface area contributed by atoms with Gasteiger partial charge in [0.25, 0.3) is 0 Å². The summed E-state index contributed by atoms with van der Waals surface area (Å²) in [6.45, 7) is 14.4. The van der Waals surface area contributed by atoms with Crippen LogP contribution in [0.25, 0.3) is 0 Å². The molecule has 96 valence electrons. The molecule has 1 rings (SSSR count). The molecule has 1 saturated carbocycles. The van der Waals surface area contributed by atoms with Gasteiger partial charge in [-0.15, -0.1) is 0 Å². The fourth-order valence-corrected chi connectivity index (χ4v) is 4.11. The van der Waals surface area contributed by atoms with Crippen LogP contribution in [0.3, 0.4) is 0 Å². The third-order valence-corrected chi connectivity index (χ3v) is 4.75. The summed E-state index contributed by atoms with van der Waals surface area (Å²) < 4.78 is 0.